The largest absolute Gasteiger partial charge is 0.292 e. The van der Waals surface area contributed by atoms with Crippen LogP contribution in [0.4, 0.5) is 5.69 Å². The number of thioether (sulfide) groups is 1. The number of nitro groups is 1. The topological polar surface area (TPSA) is 122 Å². The van der Waals surface area contributed by atoms with E-state index in [4.69, 9.17) is 12.2 Å². The second-order valence-corrected chi connectivity index (χ2v) is 7.95. The van der Waals surface area contributed by atoms with E-state index >= 15 is 0 Å². The Hall–Kier alpha value is -3.57. The van der Waals surface area contributed by atoms with E-state index in [9.17, 15) is 24.5 Å². The summed E-state index contributed by atoms with van der Waals surface area (Å²) >= 11 is 6.39. The number of rotatable bonds is 6. The number of hydrogen-bond acceptors (Lipinski definition) is 7. The van der Waals surface area contributed by atoms with Crippen LogP contribution in [0, 0.1) is 10.1 Å². The molecule has 0 aromatic heterocycles. The van der Waals surface area contributed by atoms with Gasteiger partial charge in [0.25, 0.3) is 17.5 Å². The standard InChI is InChI=1S/C20H16N4O5S2/c25-17(21-22-18(26)14-8-4-5-9-15(14)24(28)29)10-11-23-19(27)16(31-20(23)30)12-13-6-2-1-3-7-13/h1-9,12H,10-11H2,(H,21,25)(H,22,26). The Labute approximate surface area is 186 Å². The Morgan fingerprint density at radius 3 is 2.48 bits per heavy atom. The van der Waals surface area contributed by atoms with Crippen molar-refractivity contribution < 1.29 is 19.3 Å². The Bertz CT molecular complexity index is 1090. The number of amides is 3. The zero-order valence-electron chi connectivity index (χ0n) is 15.9. The van der Waals surface area contributed by atoms with Gasteiger partial charge < -0.3 is 0 Å². The van der Waals surface area contributed by atoms with Crippen LogP contribution in [0.5, 0.6) is 0 Å². The number of nitrogens with one attached hydrogen (secondary N) is 2. The van der Waals surface area contributed by atoms with Crippen molar-refractivity contribution in [1.82, 2.24) is 15.8 Å². The molecule has 0 atom stereocenters. The summed E-state index contributed by atoms with van der Waals surface area (Å²) < 4.78 is 0.337. The Morgan fingerprint density at radius 2 is 1.77 bits per heavy atom. The van der Waals surface area contributed by atoms with E-state index in [0.717, 1.165) is 17.3 Å². The summed E-state index contributed by atoms with van der Waals surface area (Å²) in [5.41, 5.74) is 4.62. The average Bonchev–Trinajstić information content (AvgIpc) is 3.03. The van der Waals surface area contributed by atoms with Crippen LogP contribution in [0.15, 0.2) is 59.5 Å². The second kappa shape index (κ2) is 9.96. The minimum atomic E-state index is -0.822. The van der Waals surface area contributed by atoms with Crippen LogP contribution in [-0.4, -0.2) is 38.4 Å². The van der Waals surface area contributed by atoms with Gasteiger partial charge in [0.1, 0.15) is 9.88 Å². The molecule has 158 valence electrons. The molecule has 3 rings (SSSR count). The van der Waals surface area contributed by atoms with Crippen LogP contribution in [0.2, 0.25) is 0 Å². The van der Waals surface area contributed by atoms with Gasteiger partial charge in [0.2, 0.25) is 5.91 Å². The fourth-order valence-electron chi connectivity index (χ4n) is 2.69. The molecule has 31 heavy (non-hydrogen) atoms. The SMILES string of the molecule is O=C(CCN1C(=O)C(=Cc2ccccc2)SC1=S)NNC(=O)c1ccccc1[N+](=O)[O-]. The molecule has 1 aliphatic heterocycles. The predicted molar refractivity (Wildman–Crippen MR) is 120 cm³/mol. The van der Waals surface area contributed by atoms with Gasteiger partial charge in [-0.15, -0.1) is 0 Å². The maximum absolute atomic E-state index is 12.6. The highest BCUT2D eigenvalue weighted by molar-refractivity contribution is 8.26. The molecule has 2 N–H and O–H groups in total. The van der Waals surface area contributed by atoms with Crippen molar-refractivity contribution in [3.63, 3.8) is 0 Å². The quantitative estimate of drug-likeness (QED) is 0.297. The van der Waals surface area contributed by atoms with Crippen molar-refractivity contribution in [1.29, 1.82) is 0 Å². The molecular formula is C20H16N4O5S2. The van der Waals surface area contributed by atoms with Gasteiger partial charge in [0.05, 0.1) is 9.83 Å². The molecule has 0 unspecified atom stereocenters. The van der Waals surface area contributed by atoms with Crippen LogP contribution in [-0.2, 0) is 9.59 Å². The van der Waals surface area contributed by atoms with Gasteiger partial charge >= 0.3 is 0 Å². The van der Waals surface area contributed by atoms with Crippen LogP contribution in [0.3, 0.4) is 0 Å². The third-order valence-electron chi connectivity index (χ3n) is 4.19. The van der Waals surface area contributed by atoms with Crippen molar-refractivity contribution in [2.45, 2.75) is 6.42 Å². The molecule has 0 bridgehead atoms. The summed E-state index contributed by atoms with van der Waals surface area (Å²) in [5.74, 6) is -1.69. The molecule has 9 nitrogen and oxygen atoms in total. The molecule has 0 saturated carbocycles. The first kappa shape index (κ1) is 22.1. The summed E-state index contributed by atoms with van der Waals surface area (Å²) in [7, 11) is 0. The lowest BCUT2D eigenvalue weighted by Crippen LogP contribution is -2.43. The van der Waals surface area contributed by atoms with Crippen LogP contribution in [0.25, 0.3) is 6.08 Å². The van der Waals surface area contributed by atoms with Crippen molar-refractivity contribution in [2.75, 3.05) is 6.54 Å². The molecule has 1 fully saturated rings. The molecule has 3 amide bonds. The van der Waals surface area contributed by atoms with Gasteiger partial charge in [-0.25, -0.2) is 0 Å². The molecule has 1 saturated heterocycles. The van der Waals surface area contributed by atoms with Gasteiger partial charge in [-0.1, -0.05) is 66.4 Å². The summed E-state index contributed by atoms with van der Waals surface area (Å²) in [4.78, 5) is 48.9. The average molecular weight is 457 g/mol. The zero-order chi connectivity index (χ0) is 22.4. The van der Waals surface area contributed by atoms with Gasteiger partial charge in [-0.2, -0.15) is 0 Å². The van der Waals surface area contributed by atoms with E-state index in [1.165, 1.54) is 29.2 Å². The number of hydrazine groups is 1. The maximum atomic E-state index is 12.6. The molecule has 2 aromatic rings. The lowest BCUT2D eigenvalue weighted by Gasteiger charge is -2.14. The first-order valence-electron chi connectivity index (χ1n) is 9.00. The normalized spacial score (nSPS) is 14.6. The fourth-order valence-corrected chi connectivity index (χ4v) is 4.00. The summed E-state index contributed by atoms with van der Waals surface area (Å²) in [5, 5.41) is 11.0. The number of hydrogen-bond donors (Lipinski definition) is 2. The van der Waals surface area contributed by atoms with E-state index in [-0.39, 0.29) is 30.1 Å². The molecule has 1 aliphatic rings. The van der Waals surface area contributed by atoms with E-state index in [1.54, 1.807) is 6.08 Å². The third kappa shape index (κ3) is 5.53. The smallest absolute Gasteiger partial charge is 0.282 e. The molecule has 11 heteroatoms. The Kier molecular flexibility index (Phi) is 7.11. The summed E-state index contributed by atoms with van der Waals surface area (Å²) in [6.45, 7) is 0.0317. The van der Waals surface area contributed by atoms with Crippen LogP contribution >= 0.6 is 24.0 Å². The summed E-state index contributed by atoms with van der Waals surface area (Å²) in [6, 6.07) is 14.7. The van der Waals surface area contributed by atoms with Gasteiger partial charge in [0.15, 0.2) is 0 Å². The van der Waals surface area contributed by atoms with Crippen molar-refractivity contribution in [3.05, 3.63) is 80.7 Å². The van der Waals surface area contributed by atoms with Gasteiger partial charge in [0, 0.05) is 19.0 Å². The third-order valence-corrected chi connectivity index (χ3v) is 5.57. The molecule has 1 heterocycles. The number of nitro benzene ring substituents is 1. The first-order valence-corrected chi connectivity index (χ1v) is 10.2. The number of nitrogens with zero attached hydrogens (tertiary/aromatic N) is 2. The highest BCUT2D eigenvalue weighted by atomic mass is 32.2. The lowest BCUT2D eigenvalue weighted by molar-refractivity contribution is -0.385. The highest BCUT2D eigenvalue weighted by Crippen LogP contribution is 2.32. The van der Waals surface area contributed by atoms with E-state index in [0.29, 0.717) is 9.23 Å². The van der Waals surface area contributed by atoms with Crippen LogP contribution < -0.4 is 10.9 Å². The molecular weight excluding hydrogens is 440 g/mol. The highest BCUT2D eigenvalue weighted by Gasteiger charge is 2.32. The number of para-hydroxylation sites is 1. The van der Waals surface area contributed by atoms with E-state index < -0.39 is 16.7 Å². The predicted octanol–water partition coefficient (Wildman–Crippen LogP) is 2.65. The van der Waals surface area contributed by atoms with Crippen molar-refractivity contribution in [2.24, 2.45) is 0 Å². The lowest BCUT2D eigenvalue weighted by atomic mass is 10.2. The number of carbonyl (C=O) groups is 3. The Balaban J connectivity index is 1.53. The van der Waals surface area contributed by atoms with Gasteiger partial charge in [-0.3, -0.25) is 40.2 Å². The summed E-state index contributed by atoms with van der Waals surface area (Å²) in [6.07, 6.45) is 1.61. The molecule has 0 spiro atoms. The second-order valence-electron chi connectivity index (χ2n) is 6.27. The number of carbonyl (C=O) groups excluding carboxylic acids is 3. The molecule has 0 radical (unpaired) electrons. The monoisotopic (exact) mass is 456 g/mol. The van der Waals surface area contributed by atoms with Crippen LogP contribution in [0.1, 0.15) is 22.3 Å². The Morgan fingerprint density at radius 1 is 1.10 bits per heavy atom. The zero-order valence-corrected chi connectivity index (χ0v) is 17.6. The molecule has 2 aromatic carbocycles. The fraction of sp³-hybridized carbons (Fsp3) is 0.100. The van der Waals surface area contributed by atoms with E-state index in [1.807, 2.05) is 30.3 Å². The number of thiocarbonyl (C=S) groups is 1. The van der Waals surface area contributed by atoms with Gasteiger partial charge in [-0.05, 0) is 17.7 Å². The maximum Gasteiger partial charge on any atom is 0.282 e. The number of benzene rings is 2. The van der Waals surface area contributed by atoms with Crippen molar-refractivity contribution >= 4 is 57.8 Å². The first-order chi connectivity index (χ1) is 14.9. The molecule has 0 aliphatic carbocycles. The minimum absolute atomic E-state index is 0.0317. The van der Waals surface area contributed by atoms with E-state index in [2.05, 4.69) is 10.9 Å². The minimum Gasteiger partial charge on any atom is -0.292 e. The van der Waals surface area contributed by atoms with Crippen molar-refractivity contribution in [3.8, 4) is 0 Å².